The average molecular weight is 439 g/mol. The van der Waals surface area contributed by atoms with E-state index < -0.39 is 10.0 Å². The molecule has 0 aliphatic rings. The molecule has 140 valence electrons. The maximum absolute atomic E-state index is 12.2. The van der Waals surface area contributed by atoms with Crippen molar-refractivity contribution in [3.8, 4) is 0 Å². The summed E-state index contributed by atoms with van der Waals surface area (Å²) in [6.45, 7) is 4.22. The number of carbonyl (C=O) groups is 1. The van der Waals surface area contributed by atoms with Crippen molar-refractivity contribution in [3.05, 3.63) is 64.1 Å². The zero-order valence-electron chi connectivity index (χ0n) is 14.8. The van der Waals surface area contributed by atoms with Crippen LogP contribution in [-0.2, 0) is 16.4 Å². The van der Waals surface area contributed by atoms with Crippen molar-refractivity contribution >= 4 is 31.9 Å². The summed E-state index contributed by atoms with van der Waals surface area (Å²) in [6.07, 6.45) is 1.41. The molecular weight excluding hydrogens is 416 g/mol. The number of hydrogen-bond donors (Lipinski definition) is 2. The first-order valence-corrected chi connectivity index (χ1v) is 10.7. The second kappa shape index (κ2) is 9.30. The minimum Gasteiger partial charge on any atom is -0.352 e. The summed E-state index contributed by atoms with van der Waals surface area (Å²) >= 11 is 3.48. The van der Waals surface area contributed by atoms with E-state index in [0.717, 1.165) is 10.0 Å². The fourth-order valence-electron chi connectivity index (χ4n) is 2.32. The van der Waals surface area contributed by atoms with Gasteiger partial charge in [-0.1, -0.05) is 41.1 Å². The first-order valence-electron chi connectivity index (χ1n) is 8.47. The Morgan fingerprint density at radius 1 is 1.12 bits per heavy atom. The van der Waals surface area contributed by atoms with E-state index in [1.165, 1.54) is 24.3 Å². The molecule has 2 aromatic rings. The zero-order chi connectivity index (χ0) is 19.2. The summed E-state index contributed by atoms with van der Waals surface area (Å²) in [5, 5.41) is 2.85. The minimum atomic E-state index is -3.56. The Hall–Kier alpha value is -1.70. The van der Waals surface area contributed by atoms with E-state index in [9.17, 15) is 13.2 Å². The highest BCUT2D eigenvalue weighted by Gasteiger charge is 2.17. The van der Waals surface area contributed by atoms with E-state index >= 15 is 0 Å². The van der Waals surface area contributed by atoms with Crippen molar-refractivity contribution in [1.29, 1.82) is 0 Å². The highest BCUT2D eigenvalue weighted by atomic mass is 79.9. The normalized spacial score (nSPS) is 12.6. The van der Waals surface area contributed by atoms with Gasteiger partial charge in [0.2, 0.25) is 10.0 Å². The largest absolute Gasteiger partial charge is 0.352 e. The lowest BCUT2D eigenvalue weighted by Crippen LogP contribution is -2.32. The standard InChI is InChI=1S/C19H23BrN2O3S/c1-3-14(2)22-26(24,25)17-10-8-16(9-11-17)19(23)21-13-12-15-6-4-5-7-18(15)20/h4-11,14,22H,3,12-13H2,1-2H3,(H,21,23). The Morgan fingerprint density at radius 3 is 2.38 bits per heavy atom. The number of rotatable bonds is 8. The molecule has 1 atom stereocenters. The quantitative estimate of drug-likeness (QED) is 0.661. The van der Waals surface area contributed by atoms with Gasteiger partial charge in [0.05, 0.1) is 4.90 Å². The van der Waals surface area contributed by atoms with Crippen LogP contribution in [0.15, 0.2) is 57.9 Å². The van der Waals surface area contributed by atoms with Crippen molar-refractivity contribution < 1.29 is 13.2 Å². The van der Waals surface area contributed by atoms with E-state index in [1.807, 2.05) is 38.1 Å². The van der Waals surface area contributed by atoms with Crippen LogP contribution in [0.2, 0.25) is 0 Å². The number of halogens is 1. The molecular formula is C19H23BrN2O3S. The molecule has 26 heavy (non-hydrogen) atoms. The second-order valence-electron chi connectivity index (χ2n) is 6.05. The van der Waals surface area contributed by atoms with Gasteiger partial charge in [-0.2, -0.15) is 0 Å². The van der Waals surface area contributed by atoms with Gasteiger partial charge in [-0.3, -0.25) is 4.79 Å². The molecule has 2 rings (SSSR count). The predicted octanol–water partition coefficient (Wildman–Crippen LogP) is 3.50. The summed E-state index contributed by atoms with van der Waals surface area (Å²) in [5.41, 5.74) is 1.55. The van der Waals surface area contributed by atoms with E-state index in [1.54, 1.807) is 0 Å². The topological polar surface area (TPSA) is 75.3 Å². The predicted molar refractivity (Wildman–Crippen MR) is 107 cm³/mol. The number of nitrogens with one attached hydrogen (secondary N) is 2. The van der Waals surface area contributed by atoms with Crippen molar-refractivity contribution in [2.75, 3.05) is 6.54 Å². The molecule has 0 radical (unpaired) electrons. The SMILES string of the molecule is CCC(C)NS(=O)(=O)c1ccc(C(=O)NCCc2ccccc2Br)cc1. The minimum absolute atomic E-state index is 0.139. The van der Waals surface area contributed by atoms with Crippen LogP contribution in [0.25, 0.3) is 0 Å². The Morgan fingerprint density at radius 2 is 1.77 bits per heavy atom. The molecule has 0 aromatic heterocycles. The van der Waals surface area contributed by atoms with E-state index in [-0.39, 0.29) is 16.8 Å². The first kappa shape index (κ1) is 20.6. The summed E-state index contributed by atoms with van der Waals surface area (Å²) in [7, 11) is -3.56. The molecule has 0 aliphatic carbocycles. The lowest BCUT2D eigenvalue weighted by molar-refractivity contribution is 0.0954. The van der Waals surface area contributed by atoms with Crippen molar-refractivity contribution in [2.24, 2.45) is 0 Å². The Bertz CT molecular complexity index is 851. The number of benzene rings is 2. The van der Waals surface area contributed by atoms with Gasteiger partial charge in [-0.05, 0) is 55.7 Å². The highest BCUT2D eigenvalue weighted by Crippen LogP contribution is 2.16. The summed E-state index contributed by atoms with van der Waals surface area (Å²) in [6, 6.07) is 13.7. The van der Waals surface area contributed by atoms with Crippen molar-refractivity contribution in [1.82, 2.24) is 10.0 Å². The molecule has 0 heterocycles. The lowest BCUT2D eigenvalue weighted by atomic mass is 10.1. The Balaban J connectivity index is 1.95. The van der Waals surface area contributed by atoms with Crippen LogP contribution in [0.3, 0.4) is 0 Å². The van der Waals surface area contributed by atoms with Crippen LogP contribution >= 0.6 is 15.9 Å². The summed E-state index contributed by atoms with van der Waals surface area (Å²) < 4.78 is 28.1. The third kappa shape index (κ3) is 5.65. The second-order valence-corrected chi connectivity index (χ2v) is 8.62. The highest BCUT2D eigenvalue weighted by molar-refractivity contribution is 9.10. The molecule has 5 nitrogen and oxygen atoms in total. The molecule has 2 aromatic carbocycles. The van der Waals surface area contributed by atoms with Gasteiger partial charge in [-0.15, -0.1) is 0 Å². The van der Waals surface area contributed by atoms with Crippen LogP contribution in [0.4, 0.5) is 0 Å². The average Bonchev–Trinajstić information content (AvgIpc) is 2.63. The van der Waals surface area contributed by atoms with Crippen molar-refractivity contribution in [2.45, 2.75) is 37.6 Å². The molecule has 7 heteroatoms. The van der Waals surface area contributed by atoms with Crippen LogP contribution in [0.5, 0.6) is 0 Å². The smallest absolute Gasteiger partial charge is 0.251 e. The van der Waals surface area contributed by atoms with Gasteiger partial charge in [0.1, 0.15) is 0 Å². The monoisotopic (exact) mass is 438 g/mol. The van der Waals surface area contributed by atoms with Gasteiger partial charge in [0, 0.05) is 22.6 Å². The van der Waals surface area contributed by atoms with Crippen LogP contribution < -0.4 is 10.0 Å². The maximum Gasteiger partial charge on any atom is 0.251 e. The van der Waals surface area contributed by atoms with Gasteiger partial charge in [-0.25, -0.2) is 13.1 Å². The van der Waals surface area contributed by atoms with Gasteiger partial charge >= 0.3 is 0 Å². The zero-order valence-corrected chi connectivity index (χ0v) is 17.2. The molecule has 0 aliphatic heterocycles. The Labute approximate surface area is 163 Å². The molecule has 0 fully saturated rings. The number of carbonyl (C=O) groups excluding carboxylic acids is 1. The van der Waals surface area contributed by atoms with Crippen molar-refractivity contribution in [3.63, 3.8) is 0 Å². The fourth-order valence-corrected chi connectivity index (χ4v) is 4.13. The third-order valence-corrected chi connectivity index (χ3v) is 6.41. The van der Waals surface area contributed by atoms with Crippen LogP contribution in [0, 0.1) is 0 Å². The summed E-state index contributed by atoms with van der Waals surface area (Å²) in [5.74, 6) is -0.226. The Kier molecular flexibility index (Phi) is 7.37. The molecule has 1 unspecified atom stereocenters. The van der Waals surface area contributed by atoms with Gasteiger partial charge in [0.25, 0.3) is 5.91 Å². The van der Waals surface area contributed by atoms with E-state index in [0.29, 0.717) is 24.9 Å². The van der Waals surface area contributed by atoms with Crippen LogP contribution in [-0.4, -0.2) is 26.9 Å². The van der Waals surface area contributed by atoms with Gasteiger partial charge < -0.3 is 5.32 Å². The lowest BCUT2D eigenvalue weighted by Gasteiger charge is -2.12. The third-order valence-electron chi connectivity index (χ3n) is 4.03. The molecule has 0 saturated carbocycles. The van der Waals surface area contributed by atoms with Gasteiger partial charge in [0.15, 0.2) is 0 Å². The number of hydrogen-bond acceptors (Lipinski definition) is 3. The molecule has 0 spiro atoms. The maximum atomic E-state index is 12.2. The molecule has 0 saturated heterocycles. The molecule has 2 N–H and O–H groups in total. The van der Waals surface area contributed by atoms with E-state index in [4.69, 9.17) is 0 Å². The molecule has 1 amide bonds. The summed E-state index contributed by atoms with van der Waals surface area (Å²) in [4.78, 5) is 12.4. The first-order chi connectivity index (χ1) is 12.3. The number of sulfonamides is 1. The van der Waals surface area contributed by atoms with Crippen LogP contribution in [0.1, 0.15) is 36.2 Å². The number of amides is 1. The van der Waals surface area contributed by atoms with E-state index in [2.05, 4.69) is 26.0 Å². The molecule has 0 bridgehead atoms. The fraction of sp³-hybridized carbons (Fsp3) is 0.316.